The lowest BCUT2D eigenvalue weighted by atomic mass is 10.0. The number of H-pyrrole nitrogens is 1. The average Bonchev–Trinajstić information content (AvgIpc) is 3.11. The highest BCUT2D eigenvalue weighted by Gasteiger charge is 2.10. The Labute approximate surface area is 146 Å². The summed E-state index contributed by atoms with van der Waals surface area (Å²) in [5.41, 5.74) is 4.83. The molecule has 4 aromatic rings. The second-order valence-electron chi connectivity index (χ2n) is 5.84. The number of fused-ring (bicyclic) bond motifs is 1. The molecule has 0 saturated heterocycles. The van der Waals surface area contributed by atoms with Crippen LogP contribution in [0.25, 0.3) is 22.0 Å². The van der Waals surface area contributed by atoms with Gasteiger partial charge in [-0.1, -0.05) is 54.6 Å². The zero-order valence-electron chi connectivity index (χ0n) is 13.6. The summed E-state index contributed by atoms with van der Waals surface area (Å²) in [5.74, 6) is 0.606. The lowest BCUT2D eigenvalue weighted by Crippen LogP contribution is -1.97. The summed E-state index contributed by atoms with van der Waals surface area (Å²) < 4.78 is 5.93. The molecule has 0 bridgehead atoms. The van der Waals surface area contributed by atoms with Crippen LogP contribution >= 0.6 is 0 Å². The van der Waals surface area contributed by atoms with Crippen LogP contribution in [0.2, 0.25) is 0 Å². The standard InChI is InChI=1S/C22H16N2O/c23-13-18-11-10-17(20-14-24-21-9-5-4-8-19(20)21)12-22(18)25-15-16-6-2-1-3-7-16/h1-12,14,24H,15H2. The van der Waals surface area contributed by atoms with Crippen LogP contribution in [-0.2, 0) is 6.61 Å². The third-order valence-electron chi connectivity index (χ3n) is 4.24. The minimum absolute atomic E-state index is 0.437. The van der Waals surface area contributed by atoms with Crippen molar-refractivity contribution < 1.29 is 4.74 Å². The normalized spacial score (nSPS) is 10.5. The van der Waals surface area contributed by atoms with Crippen LogP contribution in [0.3, 0.4) is 0 Å². The summed E-state index contributed by atoms with van der Waals surface area (Å²) in [6.07, 6.45) is 1.99. The van der Waals surface area contributed by atoms with Gasteiger partial charge in [-0.25, -0.2) is 0 Å². The van der Waals surface area contributed by atoms with Crippen molar-refractivity contribution >= 4 is 10.9 Å². The quantitative estimate of drug-likeness (QED) is 0.555. The Morgan fingerprint density at radius 3 is 2.56 bits per heavy atom. The highest BCUT2D eigenvalue weighted by atomic mass is 16.5. The van der Waals surface area contributed by atoms with Crippen LogP contribution in [0, 0.1) is 11.3 Å². The van der Waals surface area contributed by atoms with Gasteiger partial charge in [0, 0.05) is 22.7 Å². The number of ether oxygens (including phenoxy) is 1. The second-order valence-corrected chi connectivity index (χ2v) is 5.84. The number of rotatable bonds is 4. The number of hydrogen-bond acceptors (Lipinski definition) is 2. The Balaban J connectivity index is 1.70. The van der Waals surface area contributed by atoms with E-state index in [2.05, 4.69) is 23.2 Å². The molecule has 0 aliphatic carbocycles. The summed E-state index contributed by atoms with van der Waals surface area (Å²) >= 11 is 0. The molecule has 3 heteroatoms. The Kier molecular flexibility index (Phi) is 3.94. The van der Waals surface area contributed by atoms with Gasteiger partial charge in [-0.15, -0.1) is 0 Å². The van der Waals surface area contributed by atoms with Crippen molar-refractivity contribution in [1.29, 1.82) is 5.26 Å². The Morgan fingerprint density at radius 1 is 0.920 bits per heavy atom. The van der Waals surface area contributed by atoms with Gasteiger partial charge >= 0.3 is 0 Å². The molecule has 120 valence electrons. The number of nitrogens with one attached hydrogen (secondary N) is 1. The third-order valence-corrected chi connectivity index (χ3v) is 4.24. The van der Waals surface area contributed by atoms with E-state index >= 15 is 0 Å². The highest BCUT2D eigenvalue weighted by molar-refractivity contribution is 5.95. The highest BCUT2D eigenvalue weighted by Crippen LogP contribution is 2.32. The molecule has 0 unspecified atom stereocenters. The molecular weight excluding hydrogens is 308 g/mol. The summed E-state index contributed by atoms with van der Waals surface area (Å²) in [7, 11) is 0. The molecule has 1 heterocycles. The first-order valence-electron chi connectivity index (χ1n) is 8.12. The largest absolute Gasteiger partial charge is 0.488 e. The van der Waals surface area contributed by atoms with E-state index in [0.717, 1.165) is 27.6 Å². The molecule has 3 aromatic carbocycles. The lowest BCUT2D eigenvalue weighted by Gasteiger charge is -2.10. The molecule has 0 radical (unpaired) electrons. The number of nitriles is 1. The zero-order valence-corrected chi connectivity index (χ0v) is 13.6. The monoisotopic (exact) mass is 324 g/mol. The zero-order chi connectivity index (χ0) is 17.1. The van der Waals surface area contributed by atoms with E-state index in [9.17, 15) is 5.26 Å². The van der Waals surface area contributed by atoms with Crippen LogP contribution in [0.5, 0.6) is 5.75 Å². The topological polar surface area (TPSA) is 48.8 Å². The molecule has 0 aliphatic rings. The van der Waals surface area contributed by atoms with E-state index < -0.39 is 0 Å². The van der Waals surface area contributed by atoms with Gasteiger partial charge in [-0.05, 0) is 29.3 Å². The van der Waals surface area contributed by atoms with Crippen molar-refractivity contribution in [1.82, 2.24) is 4.98 Å². The van der Waals surface area contributed by atoms with Gasteiger partial charge in [-0.3, -0.25) is 0 Å². The maximum absolute atomic E-state index is 9.37. The van der Waals surface area contributed by atoms with Gasteiger partial charge in [0.25, 0.3) is 0 Å². The SMILES string of the molecule is N#Cc1ccc(-c2c[nH]c3ccccc23)cc1OCc1ccccc1. The number of para-hydroxylation sites is 1. The van der Waals surface area contributed by atoms with Crippen LogP contribution in [0.4, 0.5) is 0 Å². The van der Waals surface area contributed by atoms with Crippen LogP contribution in [0.15, 0.2) is 79.0 Å². The Morgan fingerprint density at radius 2 is 1.72 bits per heavy atom. The number of aromatic nitrogens is 1. The molecule has 25 heavy (non-hydrogen) atoms. The molecule has 0 amide bonds. The molecule has 0 atom stereocenters. The van der Waals surface area contributed by atoms with E-state index in [1.807, 2.05) is 66.9 Å². The van der Waals surface area contributed by atoms with Crippen molar-refractivity contribution in [2.75, 3.05) is 0 Å². The average molecular weight is 324 g/mol. The molecule has 0 saturated carbocycles. The first-order chi connectivity index (χ1) is 12.3. The predicted octanol–water partition coefficient (Wildman–Crippen LogP) is 5.29. The van der Waals surface area contributed by atoms with Crippen molar-refractivity contribution in [2.45, 2.75) is 6.61 Å². The van der Waals surface area contributed by atoms with Crippen molar-refractivity contribution in [3.05, 3.63) is 90.1 Å². The molecule has 0 aliphatic heterocycles. The molecule has 0 fully saturated rings. The fourth-order valence-corrected chi connectivity index (χ4v) is 2.95. The van der Waals surface area contributed by atoms with Gasteiger partial charge in [-0.2, -0.15) is 5.26 Å². The van der Waals surface area contributed by atoms with Crippen molar-refractivity contribution in [3.63, 3.8) is 0 Å². The minimum Gasteiger partial charge on any atom is -0.488 e. The van der Waals surface area contributed by atoms with Gasteiger partial charge in [0.1, 0.15) is 18.4 Å². The predicted molar refractivity (Wildman–Crippen MR) is 99.2 cm³/mol. The smallest absolute Gasteiger partial charge is 0.138 e. The van der Waals surface area contributed by atoms with Gasteiger partial charge < -0.3 is 9.72 Å². The molecule has 1 aromatic heterocycles. The van der Waals surface area contributed by atoms with Crippen LogP contribution in [0.1, 0.15) is 11.1 Å². The van der Waals surface area contributed by atoms with Gasteiger partial charge in [0.15, 0.2) is 0 Å². The number of hydrogen-bond donors (Lipinski definition) is 1. The maximum atomic E-state index is 9.37. The van der Waals surface area contributed by atoms with E-state index in [1.54, 1.807) is 0 Å². The van der Waals surface area contributed by atoms with E-state index in [1.165, 1.54) is 0 Å². The van der Waals surface area contributed by atoms with Crippen LogP contribution < -0.4 is 4.74 Å². The van der Waals surface area contributed by atoms with E-state index in [-0.39, 0.29) is 0 Å². The molecule has 1 N–H and O–H groups in total. The third kappa shape index (κ3) is 2.98. The second kappa shape index (κ2) is 6.54. The van der Waals surface area contributed by atoms with Gasteiger partial charge in [0.2, 0.25) is 0 Å². The van der Waals surface area contributed by atoms with E-state index in [4.69, 9.17) is 4.74 Å². The van der Waals surface area contributed by atoms with Gasteiger partial charge in [0.05, 0.1) is 5.56 Å². The Bertz CT molecular complexity index is 1060. The molecule has 3 nitrogen and oxygen atoms in total. The van der Waals surface area contributed by atoms with E-state index in [0.29, 0.717) is 17.9 Å². The summed E-state index contributed by atoms with van der Waals surface area (Å²) in [6.45, 7) is 0.437. The Hall–Kier alpha value is -3.51. The summed E-state index contributed by atoms with van der Waals surface area (Å²) in [6, 6.07) is 26.1. The summed E-state index contributed by atoms with van der Waals surface area (Å²) in [5, 5.41) is 10.5. The number of nitrogens with zero attached hydrogens (tertiary/aromatic N) is 1. The fraction of sp³-hybridized carbons (Fsp3) is 0.0455. The molecule has 0 spiro atoms. The first-order valence-corrected chi connectivity index (χ1v) is 8.12. The van der Waals surface area contributed by atoms with Crippen molar-refractivity contribution in [2.24, 2.45) is 0 Å². The van der Waals surface area contributed by atoms with Crippen LogP contribution in [-0.4, -0.2) is 4.98 Å². The molecular formula is C22H16N2O. The fourth-order valence-electron chi connectivity index (χ4n) is 2.95. The minimum atomic E-state index is 0.437. The first kappa shape index (κ1) is 15.0. The summed E-state index contributed by atoms with van der Waals surface area (Å²) in [4.78, 5) is 3.29. The van der Waals surface area contributed by atoms with Crippen molar-refractivity contribution in [3.8, 4) is 22.9 Å². The maximum Gasteiger partial charge on any atom is 0.138 e. The molecule has 4 rings (SSSR count). The number of aromatic amines is 1. The number of benzene rings is 3. The lowest BCUT2D eigenvalue weighted by molar-refractivity contribution is 0.305.